The number of rotatable bonds is 9. The van der Waals surface area contributed by atoms with Gasteiger partial charge >= 0.3 is 0 Å². The molecular formula is C24H30ClN5O2S2. The zero-order chi connectivity index (χ0) is 24.9. The third kappa shape index (κ3) is 5.78. The average molecular weight is 520 g/mol. The lowest BCUT2D eigenvalue weighted by molar-refractivity contribution is 0.410. The van der Waals surface area contributed by atoms with Crippen LogP contribution in [0.3, 0.4) is 0 Å². The molecule has 0 saturated carbocycles. The molecule has 3 aromatic rings. The summed E-state index contributed by atoms with van der Waals surface area (Å²) < 4.78 is 30.0. The number of benzene rings is 2. The first-order valence-corrected chi connectivity index (χ1v) is 13.4. The van der Waals surface area contributed by atoms with Gasteiger partial charge in [-0.3, -0.25) is 5.43 Å². The molecule has 0 spiro atoms. The summed E-state index contributed by atoms with van der Waals surface area (Å²) in [6, 6.07) is 10.8. The second-order valence-electron chi connectivity index (χ2n) is 8.01. The molecule has 2 aromatic carbocycles. The largest absolute Gasteiger partial charge is 0.350 e. The van der Waals surface area contributed by atoms with Gasteiger partial charge in [-0.15, -0.1) is 0 Å². The van der Waals surface area contributed by atoms with Gasteiger partial charge in [-0.25, -0.2) is 8.42 Å². The minimum atomic E-state index is -3.58. The predicted molar refractivity (Wildman–Crippen MR) is 145 cm³/mol. The minimum Gasteiger partial charge on any atom is -0.350 e. The van der Waals surface area contributed by atoms with Gasteiger partial charge in [0.15, 0.2) is 5.11 Å². The summed E-state index contributed by atoms with van der Waals surface area (Å²) >= 11 is 11.5. The molecule has 10 heteroatoms. The number of sulfonamides is 1. The van der Waals surface area contributed by atoms with Crippen LogP contribution < -0.4 is 10.7 Å². The number of aromatic nitrogens is 1. The topological polar surface area (TPSA) is 78.7 Å². The Labute approximate surface area is 211 Å². The summed E-state index contributed by atoms with van der Waals surface area (Å²) in [5.41, 5.74) is 6.18. The third-order valence-electron chi connectivity index (χ3n) is 5.46. The first-order chi connectivity index (χ1) is 16.2. The SMILES string of the molecule is CCCN(CCC)S(=O)(=O)c1ccc2c(c1)c(C=NNC(=S)Nc1cccc(Cl)c1C)cn2C. The Morgan fingerprint density at radius 1 is 1.21 bits per heavy atom. The highest BCUT2D eigenvalue weighted by Crippen LogP contribution is 2.26. The van der Waals surface area contributed by atoms with Crippen molar-refractivity contribution in [1.82, 2.24) is 14.3 Å². The summed E-state index contributed by atoms with van der Waals surface area (Å²) in [6.45, 7) is 6.86. The van der Waals surface area contributed by atoms with E-state index in [9.17, 15) is 8.42 Å². The lowest BCUT2D eigenvalue weighted by atomic mass is 10.2. The Morgan fingerprint density at radius 3 is 2.59 bits per heavy atom. The molecule has 0 atom stereocenters. The van der Waals surface area contributed by atoms with Crippen molar-refractivity contribution in [3.63, 3.8) is 0 Å². The standard InChI is InChI=1S/C24H30ClN5O2S2/c1-5-12-30(13-6-2)34(31,32)19-10-11-23-20(14-19)18(16-29(23)4)15-26-28-24(33)27-22-9-7-8-21(25)17(22)3/h7-11,14-16H,5-6,12-13H2,1-4H3,(H2,27,28,33). The predicted octanol–water partition coefficient (Wildman–Crippen LogP) is 5.27. The molecule has 7 nitrogen and oxygen atoms in total. The van der Waals surface area contributed by atoms with E-state index in [1.165, 1.54) is 0 Å². The molecule has 0 unspecified atom stereocenters. The zero-order valence-corrected chi connectivity index (χ0v) is 22.2. The lowest BCUT2D eigenvalue weighted by Crippen LogP contribution is -2.32. The number of hydrogen-bond donors (Lipinski definition) is 2. The van der Waals surface area contributed by atoms with E-state index in [1.807, 2.05) is 62.8 Å². The van der Waals surface area contributed by atoms with Gasteiger partial charge in [0, 0.05) is 53.5 Å². The van der Waals surface area contributed by atoms with Crippen molar-refractivity contribution >= 4 is 61.8 Å². The molecule has 0 amide bonds. The molecular weight excluding hydrogens is 490 g/mol. The summed E-state index contributed by atoms with van der Waals surface area (Å²) in [6.07, 6.45) is 5.06. The van der Waals surface area contributed by atoms with Crippen LogP contribution in [0.2, 0.25) is 5.02 Å². The molecule has 0 aliphatic rings. The zero-order valence-electron chi connectivity index (χ0n) is 19.8. The van der Waals surface area contributed by atoms with Crippen LogP contribution in [-0.4, -0.2) is 41.7 Å². The highest BCUT2D eigenvalue weighted by Gasteiger charge is 2.24. The highest BCUT2D eigenvalue weighted by molar-refractivity contribution is 7.89. The van der Waals surface area contributed by atoms with Gasteiger partial charge in [0.25, 0.3) is 0 Å². The Hall–Kier alpha value is -2.46. The molecule has 1 aromatic heterocycles. The summed E-state index contributed by atoms with van der Waals surface area (Å²) in [5, 5.41) is 9.10. The Bertz CT molecular complexity index is 1310. The van der Waals surface area contributed by atoms with Crippen LogP contribution in [0.5, 0.6) is 0 Å². The van der Waals surface area contributed by atoms with Gasteiger partial charge in [0.05, 0.1) is 11.1 Å². The Kier molecular flexibility index (Phi) is 8.70. The normalized spacial score (nSPS) is 12.1. The minimum absolute atomic E-state index is 0.282. The van der Waals surface area contributed by atoms with E-state index in [0.717, 1.165) is 40.6 Å². The third-order valence-corrected chi connectivity index (χ3v) is 7.96. The van der Waals surface area contributed by atoms with Gasteiger partial charge in [0.1, 0.15) is 0 Å². The van der Waals surface area contributed by atoms with Gasteiger partial charge < -0.3 is 9.88 Å². The molecule has 182 valence electrons. The summed E-state index contributed by atoms with van der Waals surface area (Å²) in [7, 11) is -1.67. The summed E-state index contributed by atoms with van der Waals surface area (Å²) in [5.74, 6) is 0. The van der Waals surface area contributed by atoms with E-state index in [2.05, 4.69) is 15.8 Å². The second kappa shape index (κ2) is 11.3. The lowest BCUT2D eigenvalue weighted by Gasteiger charge is -2.21. The van der Waals surface area contributed by atoms with E-state index >= 15 is 0 Å². The fraction of sp³-hybridized carbons (Fsp3) is 0.333. The number of nitrogens with one attached hydrogen (secondary N) is 2. The Morgan fingerprint density at radius 2 is 1.91 bits per heavy atom. The second-order valence-corrected chi connectivity index (χ2v) is 10.8. The molecule has 0 radical (unpaired) electrons. The Balaban J connectivity index is 1.83. The average Bonchev–Trinajstić information content (AvgIpc) is 3.11. The number of halogens is 1. The summed E-state index contributed by atoms with van der Waals surface area (Å²) in [4.78, 5) is 0.282. The number of aryl methyl sites for hydroxylation is 1. The fourth-order valence-corrected chi connectivity index (χ4v) is 5.71. The fourth-order valence-electron chi connectivity index (χ4n) is 3.72. The van der Waals surface area contributed by atoms with Crippen LogP contribution in [0, 0.1) is 6.92 Å². The molecule has 0 aliphatic carbocycles. The molecule has 34 heavy (non-hydrogen) atoms. The maximum absolute atomic E-state index is 13.2. The van der Waals surface area contributed by atoms with Crippen molar-refractivity contribution in [1.29, 1.82) is 0 Å². The molecule has 1 heterocycles. The van der Waals surface area contributed by atoms with Gasteiger partial charge in [-0.05, 0) is 67.9 Å². The van der Waals surface area contributed by atoms with Crippen molar-refractivity contribution in [2.24, 2.45) is 12.1 Å². The number of nitrogens with zero attached hydrogens (tertiary/aromatic N) is 3. The molecule has 0 fully saturated rings. The van der Waals surface area contributed by atoms with Crippen LogP contribution in [0.15, 0.2) is 52.6 Å². The molecule has 0 saturated heterocycles. The monoisotopic (exact) mass is 519 g/mol. The van der Waals surface area contributed by atoms with Crippen LogP contribution >= 0.6 is 23.8 Å². The van der Waals surface area contributed by atoms with Gasteiger partial charge in [0.2, 0.25) is 10.0 Å². The number of hydrazone groups is 1. The number of hydrogen-bond acceptors (Lipinski definition) is 4. The number of thiocarbonyl (C=S) groups is 1. The first-order valence-electron chi connectivity index (χ1n) is 11.1. The number of anilines is 1. The van der Waals surface area contributed by atoms with Crippen molar-refractivity contribution in [2.75, 3.05) is 18.4 Å². The van der Waals surface area contributed by atoms with Gasteiger partial charge in [-0.2, -0.15) is 9.41 Å². The van der Waals surface area contributed by atoms with E-state index in [-0.39, 0.29) is 4.90 Å². The first kappa shape index (κ1) is 26.2. The van der Waals surface area contributed by atoms with E-state index < -0.39 is 10.0 Å². The molecule has 3 rings (SSSR count). The van der Waals surface area contributed by atoms with Crippen molar-refractivity contribution < 1.29 is 8.42 Å². The van der Waals surface area contributed by atoms with Crippen LogP contribution in [0.1, 0.15) is 37.8 Å². The van der Waals surface area contributed by atoms with E-state index in [4.69, 9.17) is 23.8 Å². The van der Waals surface area contributed by atoms with Crippen molar-refractivity contribution in [3.8, 4) is 0 Å². The van der Waals surface area contributed by atoms with E-state index in [1.54, 1.807) is 22.7 Å². The van der Waals surface area contributed by atoms with Crippen LogP contribution in [0.25, 0.3) is 10.9 Å². The highest BCUT2D eigenvalue weighted by atomic mass is 35.5. The van der Waals surface area contributed by atoms with Crippen LogP contribution in [-0.2, 0) is 17.1 Å². The smallest absolute Gasteiger partial charge is 0.243 e. The quantitative estimate of drug-likeness (QED) is 0.229. The molecule has 0 aliphatic heterocycles. The maximum atomic E-state index is 13.2. The van der Waals surface area contributed by atoms with E-state index in [0.29, 0.717) is 23.2 Å². The molecule has 2 N–H and O–H groups in total. The maximum Gasteiger partial charge on any atom is 0.243 e. The van der Waals surface area contributed by atoms with Crippen molar-refractivity contribution in [2.45, 2.75) is 38.5 Å². The molecule has 0 bridgehead atoms. The van der Waals surface area contributed by atoms with Crippen LogP contribution in [0.4, 0.5) is 5.69 Å². The van der Waals surface area contributed by atoms with Crippen molar-refractivity contribution in [3.05, 3.63) is 58.7 Å². The number of fused-ring (bicyclic) bond motifs is 1. The van der Waals surface area contributed by atoms with Gasteiger partial charge in [-0.1, -0.05) is 31.5 Å².